The Kier molecular flexibility index (Phi) is 5.49. The van der Waals surface area contributed by atoms with Gasteiger partial charge in [-0.15, -0.1) is 0 Å². The summed E-state index contributed by atoms with van der Waals surface area (Å²) in [6.07, 6.45) is -0.432. The maximum atomic E-state index is 12.2. The van der Waals surface area contributed by atoms with Crippen molar-refractivity contribution in [3.63, 3.8) is 0 Å². The predicted molar refractivity (Wildman–Crippen MR) is 50.1 cm³/mol. The highest BCUT2D eigenvalue weighted by Crippen LogP contribution is 2.33. The van der Waals surface area contributed by atoms with Crippen LogP contribution in [0.3, 0.4) is 0 Å². The zero-order valence-corrected chi connectivity index (χ0v) is 8.82. The van der Waals surface area contributed by atoms with Crippen molar-refractivity contribution in [1.29, 1.82) is 0 Å². The molecule has 0 aliphatic rings. The molecule has 0 aliphatic carbocycles. The van der Waals surface area contributed by atoms with Crippen molar-refractivity contribution in [3.05, 3.63) is 0 Å². The Morgan fingerprint density at radius 1 is 1.00 bits per heavy atom. The fraction of sp³-hybridized carbons (Fsp3) is 1.00. The Balaban J connectivity index is 3.67. The molecule has 0 aromatic carbocycles. The van der Waals surface area contributed by atoms with Crippen LogP contribution < -0.4 is 0 Å². The summed E-state index contributed by atoms with van der Waals surface area (Å²) in [5, 5.41) is 9.08. The molecule has 0 rings (SSSR count). The van der Waals surface area contributed by atoms with Crippen LogP contribution in [0.1, 0.15) is 52.4 Å². The van der Waals surface area contributed by atoms with E-state index in [1.54, 1.807) is 0 Å². The molecule has 0 aliphatic heterocycles. The van der Waals surface area contributed by atoms with Gasteiger partial charge in [-0.25, -0.2) is 0 Å². The zero-order chi connectivity index (χ0) is 11.2. The molecule has 0 saturated heterocycles. The fourth-order valence-corrected chi connectivity index (χ4v) is 1.21. The molecule has 4 heteroatoms. The molecule has 0 fully saturated rings. The minimum Gasteiger partial charge on any atom is -0.381 e. The maximum absolute atomic E-state index is 12.2. The summed E-state index contributed by atoms with van der Waals surface area (Å²) in [5.74, 6) is 0. The van der Waals surface area contributed by atoms with Gasteiger partial charge in [-0.1, -0.05) is 39.0 Å². The highest BCUT2D eigenvalue weighted by Gasteiger charge is 2.48. The predicted octanol–water partition coefficient (Wildman–Crippen LogP) is 3.66. The Hall–Kier alpha value is -0.250. The molecule has 14 heavy (non-hydrogen) atoms. The number of rotatable bonds is 6. The number of aliphatic hydroxyl groups is 1. The quantitative estimate of drug-likeness (QED) is 0.666. The van der Waals surface area contributed by atoms with Gasteiger partial charge in [0.15, 0.2) is 5.60 Å². The lowest BCUT2D eigenvalue weighted by molar-refractivity contribution is -0.255. The molecule has 0 saturated carbocycles. The second-order valence-corrected chi connectivity index (χ2v) is 3.94. The Bertz CT molecular complexity index is 152. The second-order valence-electron chi connectivity index (χ2n) is 3.94. The largest absolute Gasteiger partial charge is 0.416 e. The summed E-state index contributed by atoms with van der Waals surface area (Å²) in [6, 6.07) is 0. The first-order valence-electron chi connectivity index (χ1n) is 5.10. The van der Waals surface area contributed by atoms with Gasteiger partial charge in [0, 0.05) is 0 Å². The number of hydrogen-bond donors (Lipinski definition) is 1. The highest BCUT2D eigenvalue weighted by atomic mass is 19.4. The van der Waals surface area contributed by atoms with Gasteiger partial charge in [-0.2, -0.15) is 13.2 Å². The monoisotopic (exact) mass is 212 g/mol. The van der Waals surface area contributed by atoms with Crippen molar-refractivity contribution >= 4 is 0 Å². The zero-order valence-electron chi connectivity index (χ0n) is 8.82. The molecule has 0 bridgehead atoms. The molecule has 1 nitrogen and oxygen atoms in total. The molecule has 1 unspecified atom stereocenters. The van der Waals surface area contributed by atoms with Crippen LogP contribution >= 0.6 is 0 Å². The second kappa shape index (κ2) is 5.59. The number of halogens is 3. The van der Waals surface area contributed by atoms with Crippen molar-refractivity contribution in [2.75, 3.05) is 0 Å². The first-order chi connectivity index (χ1) is 6.31. The molecular formula is C10H19F3O. The number of unbranched alkanes of at least 4 members (excludes halogenated alkanes) is 4. The van der Waals surface area contributed by atoms with Crippen LogP contribution in [0, 0.1) is 0 Å². The molecular weight excluding hydrogens is 193 g/mol. The van der Waals surface area contributed by atoms with Crippen LogP contribution in [0.25, 0.3) is 0 Å². The summed E-state index contributed by atoms with van der Waals surface area (Å²) >= 11 is 0. The smallest absolute Gasteiger partial charge is 0.381 e. The van der Waals surface area contributed by atoms with E-state index in [-0.39, 0.29) is 6.42 Å². The normalized spacial score (nSPS) is 16.7. The van der Waals surface area contributed by atoms with Crippen molar-refractivity contribution in [2.24, 2.45) is 0 Å². The minimum atomic E-state index is -4.50. The lowest BCUT2D eigenvalue weighted by Crippen LogP contribution is -2.41. The molecule has 0 spiro atoms. The molecule has 0 amide bonds. The third kappa shape index (κ3) is 4.84. The van der Waals surface area contributed by atoms with Gasteiger partial charge < -0.3 is 5.11 Å². The molecule has 0 heterocycles. The minimum absolute atomic E-state index is 0.194. The fourth-order valence-electron chi connectivity index (χ4n) is 1.21. The molecule has 86 valence electrons. The van der Waals surface area contributed by atoms with E-state index < -0.39 is 11.8 Å². The van der Waals surface area contributed by atoms with Gasteiger partial charge in [-0.3, -0.25) is 0 Å². The summed E-state index contributed by atoms with van der Waals surface area (Å²) in [6.45, 7) is 2.89. The number of alkyl halides is 3. The lowest BCUT2D eigenvalue weighted by atomic mass is 9.97. The summed E-state index contributed by atoms with van der Waals surface area (Å²) < 4.78 is 36.5. The van der Waals surface area contributed by atoms with Crippen LogP contribution in [0.5, 0.6) is 0 Å². The SMILES string of the molecule is CCCCCCCC(C)(O)C(F)(F)F. The number of hydrogen-bond acceptors (Lipinski definition) is 1. The van der Waals surface area contributed by atoms with E-state index in [9.17, 15) is 13.2 Å². The van der Waals surface area contributed by atoms with Gasteiger partial charge in [0.05, 0.1) is 0 Å². The van der Waals surface area contributed by atoms with Crippen LogP contribution in [-0.4, -0.2) is 16.9 Å². The van der Waals surface area contributed by atoms with Gasteiger partial charge in [0.2, 0.25) is 0 Å². The average Bonchev–Trinajstić information content (AvgIpc) is 2.02. The molecule has 0 aromatic heterocycles. The van der Waals surface area contributed by atoms with E-state index in [0.29, 0.717) is 6.42 Å². The summed E-state index contributed by atoms with van der Waals surface area (Å²) in [4.78, 5) is 0. The van der Waals surface area contributed by atoms with Crippen molar-refractivity contribution in [2.45, 2.75) is 64.1 Å². The van der Waals surface area contributed by atoms with Gasteiger partial charge in [-0.05, 0) is 13.3 Å². The van der Waals surface area contributed by atoms with Crippen LogP contribution in [0.2, 0.25) is 0 Å². The van der Waals surface area contributed by atoms with Crippen molar-refractivity contribution < 1.29 is 18.3 Å². The third-order valence-electron chi connectivity index (χ3n) is 2.38. The summed E-state index contributed by atoms with van der Waals surface area (Å²) in [7, 11) is 0. The molecule has 0 radical (unpaired) electrons. The van der Waals surface area contributed by atoms with E-state index in [1.807, 2.05) is 6.92 Å². The summed E-state index contributed by atoms with van der Waals surface area (Å²) in [5.41, 5.74) is -2.51. The van der Waals surface area contributed by atoms with E-state index in [2.05, 4.69) is 0 Å². The lowest BCUT2D eigenvalue weighted by Gasteiger charge is -2.26. The maximum Gasteiger partial charge on any atom is 0.416 e. The van der Waals surface area contributed by atoms with Crippen LogP contribution in [0.4, 0.5) is 13.2 Å². The highest BCUT2D eigenvalue weighted by molar-refractivity contribution is 4.80. The van der Waals surface area contributed by atoms with Gasteiger partial charge >= 0.3 is 6.18 Å². The molecule has 0 aromatic rings. The topological polar surface area (TPSA) is 20.2 Å². The van der Waals surface area contributed by atoms with Crippen molar-refractivity contribution in [3.8, 4) is 0 Å². The van der Waals surface area contributed by atoms with E-state index in [0.717, 1.165) is 32.6 Å². The first-order valence-corrected chi connectivity index (χ1v) is 5.10. The first kappa shape index (κ1) is 13.8. The van der Waals surface area contributed by atoms with Crippen molar-refractivity contribution in [1.82, 2.24) is 0 Å². The van der Waals surface area contributed by atoms with Gasteiger partial charge in [0.25, 0.3) is 0 Å². The van der Waals surface area contributed by atoms with E-state index in [1.165, 1.54) is 0 Å². The standard InChI is InChI=1S/C10H19F3O/c1-3-4-5-6-7-8-9(2,14)10(11,12)13/h14H,3-8H2,1-2H3. The Labute approximate surface area is 83.3 Å². The van der Waals surface area contributed by atoms with Crippen LogP contribution in [0.15, 0.2) is 0 Å². The Morgan fingerprint density at radius 2 is 1.50 bits per heavy atom. The molecule has 1 N–H and O–H groups in total. The third-order valence-corrected chi connectivity index (χ3v) is 2.38. The van der Waals surface area contributed by atoms with E-state index in [4.69, 9.17) is 5.11 Å². The van der Waals surface area contributed by atoms with E-state index >= 15 is 0 Å². The Morgan fingerprint density at radius 3 is 1.93 bits per heavy atom. The average molecular weight is 212 g/mol. The van der Waals surface area contributed by atoms with Crippen LogP contribution in [-0.2, 0) is 0 Å². The van der Waals surface area contributed by atoms with Gasteiger partial charge in [0.1, 0.15) is 0 Å². The molecule has 1 atom stereocenters.